The van der Waals surface area contributed by atoms with Crippen LogP contribution in [0.15, 0.2) is 58.7 Å². The molecular formula is C20H19N5O2S. The summed E-state index contributed by atoms with van der Waals surface area (Å²) in [4.78, 5) is 32.3. The second-order valence-electron chi connectivity index (χ2n) is 6.20. The van der Waals surface area contributed by atoms with Crippen molar-refractivity contribution in [1.82, 2.24) is 14.8 Å². The van der Waals surface area contributed by atoms with Crippen LogP contribution in [0.2, 0.25) is 0 Å². The summed E-state index contributed by atoms with van der Waals surface area (Å²) in [5.74, 6) is -0.341. The van der Waals surface area contributed by atoms with Gasteiger partial charge in [0.15, 0.2) is 5.69 Å². The lowest BCUT2D eigenvalue weighted by atomic mass is 10.2. The van der Waals surface area contributed by atoms with E-state index in [-0.39, 0.29) is 11.8 Å². The zero-order valence-electron chi connectivity index (χ0n) is 15.5. The van der Waals surface area contributed by atoms with Gasteiger partial charge in [-0.3, -0.25) is 14.3 Å². The number of carbonyl (C=O) groups is 2. The predicted molar refractivity (Wildman–Crippen MR) is 108 cm³/mol. The minimum Gasteiger partial charge on any atom is -0.321 e. The molecule has 0 fully saturated rings. The third kappa shape index (κ3) is 3.27. The molecule has 2 aromatic heterocycles. The molecule has 0 atom stereocenters. The van der Waals surface area contributed by atoms with E-state index < -0.39 is 0 Å². The number of nitrogens with one attached hydrogen (secondary N) is 1. The molecule has 142 valence electrons. The predicted octanol–water partition coefficient (Wildman–Crippen LogP) is 3.68. The van der Waals surface area contributed by atoms with Gasteiger partial charge in [0, 0.05) is 36.1 Å². The molecule has 0 aliphatic carbocycles. The first-order chi connectivity index (χ1) is 13.6. The van der Waals surface area contributed by atoms with Gasteiger partial charge in [-0.25, -0.2) is 4.98 Å². The fraction of sp³-hybridized carbons (Fsp3) is 0.200. The average molecular weight is 393 g/mol. The summed E-state index contributed by atoms with van der Waals surface area (Å²) in [5, 5.41) is 7.77. The van der Waals surface area contributed by atoms with Crippen LogP contribution in [0.25, 0.3) is 0 Å². The summed E-state index contributed by atoms with van der Waals surface area (Å²) >= 11 is 1.43. The van der Waals surface area contributed by atoms with E-state index >= 15 is 0 Å². The van der Waals surface area contributed by atoms with Gasteiger partial charge in [0.2, 0.25) is 0 Å². The number of benzene rings is 1. The van der Waals surface area contributed by atoms with Gasteiger partial charge in [0.1, 0.15) is 5.03 Å². The van der Waals surface area contributed by atoms with Crippen molar-refractivity contribution < 1.29 is 9.59 Å². The van der Waals surface area contributed by atoms with Gasteiger partial charge in [0.05, 0.1) is 11.3 Å². The third-order valence-electron chi connectivity index (χ3n) is 4.48. The number of nitrogens with zero attached hydrogens (tertiary/aromatic N) is 4. The molecule has 0 saturated heterocycles. The average Bonchev–Trinajstić information content (AvgIpc) is 3.15. The van der Waals surface area contributed by atoms with Gasteiger partial charge in [-0.05, 0) is 50.2 Å². The lowest BCUT2D eigenvalue weighted by Crippen LogP contribution is -2.30. The van der Waals surface area contributed by atoms with Crippen LogP contribution in [0.3, 0.4) is 0 Å². The van der Waals surface area contributed by atoms with E-state index in [1.807, 2.05) is 26.0 Å². The molecule has 8 heteroatoms. The first kappa shape index (κ1) is 18.2. The number of pyridine rings is 1. The SMILES string of the molecule is CCN1C(=O)c2cccnc2Sc2cc(NC(=O)c3ccn(CC)n3)ccc21. The Morgan fingerprint density at radius 2 is 2.04 bits per heavy atom. The Hall–Kier alpha value is -3.13. The second-order valence-corrected chi connectivity index (χ2v) is 7.23. The van der Waals surface area contributed by atoms with Gasteiger partial charge in [0.25, 0.3) is 11.8 Å². The number of hydrogen-bond donors (Lipinski definition) is 1. The van der Waals surface area contributed by atoms with Crippen molar-refractivity contribution >= 4 is 35.0 Å². The third-order valence-corrected chi connectivity index (χ3v) is 5.54. The Bertz CT molecular complexity index is 1060. The van der Waals surface area contributed by atoms with E-state index in [0.717, 1.165) is 10.6 Å². The highest BCUT2D eigenvalue weighted by Gasteiger charge is 2.27. The Morgan fingerprint density at radius 1 is 1.18 bits per heavy atom. The molecule has 3 heterocycles. The number of amides is 2. The molecule has 3 aromatic rings. The molecule has 7 nitrogen and oxygen atoms in total. The maximum absolute atomic E-state index is 12.9. The molecular weight excluding hydrogens is 374 g/mol. The molecule has 0 saturated carbocycles. The molecule has 1 aliphatic heterocycles. The molecule has 0 unspecified atom stereocenters. The molecule has 1 N–H and O–H groups in total. The monoisotopic (exact) mass is 393 g/mol. The lowest BCUT2D eigenvalue weighted by molar-refractivity contribution is 0.0983. The van der Waals surface area contributed by atoms with Crippen molar-refractivity contribution in [1.29, 1.82) is 0 Å². The van der Waals surface area contributed by atoms with Crippen LogP contribution < -0.4 is 10.2 Å². The van der Waals surface area contributed by atoms with Gasteiger partial charge >= 0.3 is 0 Å². The van der Waals surface area contributed by atoms with Gasteiger partial charge < -0.3 is 10.2 Å². The number of aromatic nitrogens is 3. The Labute approximate surface area is 166 Å². The number of rotatable bonds is 4. The van der Waals surface area contributed by atoms with Crippen molar-refractivity contribution in [2.75, 3.05) is 16.8 Å². The van der Waals surface area contributed by atoms with Gasteiger partial charge in [-0.15, -0.1) is 0 Å². The second kappa shape index (κ2) is 7.47. The van der Waals surface area contributed by atoms with Crippen LogP contribution in [0.5, 0.6) is 0 Å². The highest BCUT2D eigenvalue weighted by Crippen LogP contribution is 2.41. The van der Waals surface area contributed by atoms with E-state index in [2.05, 4.69) is 15.4 Å². The van der Waals surface area contributed by atoms with Crippen LogP contribution >= 0.6 is 11.8 Å². The Balaban J connectivity index is 1.67. The standard InChI is InChI=1S/C20H19N5O2S/c1-3-24-11-9-15(23-24)18(26)22-13-7-8-16-17(12-13)28-19-14(6-5-10-21-19)20(27)25(16)4-2/h5-12H,3-4H2,1-2H3,(H,22,26). The summed E-state index contributed by atoms with van der Waals surface area (Å²) in [6.07, 6.45) is 3.45. The first-order valence-corrected chi connectivity index (χ1v) is 9.86. The summed E-state index contributed by atoms with van der Waals surface area (Å²) in [5.41, 5.74) is 2.40. The van der Waals surface area contributed by atoms with Crippen LogP contribution in [0.4, 0.5) is 11.4 Å². The van der Waals surface area contributed by atoms with Gasteiger partial charge in [-0.1, -0.05) is 11.8 Å². The zero-order valence-corrected chi connectivity index (χ0v) is 16.4. The van der Waals surface area contributed by atoms with Crippen LogP contribution in [-0.4, -0.2) is 33.1 Å². The minimum atomic E-state index is -0.271. The van der Waals surface area contributed by atoms with Crippen LogP contribution in [-0.2, 0) is 6.54 Å². The first-order valence-electron chi connectivity index (χ1n) is 9.04. The van der Waals surface area contributed by atoms with E-state index in [1.165, 1.54) is 11.8 Å². The Morgan fingerprint density at radius 3 is 2.79 bits per heavy atom. The molecule has 1 aromatic carbocycles. The summed E-state index contributed by atoms with van der Waals surface area (Å²) < 4.78 is 1.70. The highest BCUT2D eigenvalue weighted by atomic mass is 32.2. The maximum atomic E-state index is 12.9. The normalized spacial score (nSPS) is 12.9. The summed E-state index contributed by atoms with van der Waals surface area (Å²) in [7, 11) is 0. The Kier molecular flexibility index (Phi) is 4.87. The summed E-state index contributed by atoms with van der Waals surface area (Å²) in [6, 6.07) is 10.8. The van der Waals surface area contributed by atoms with E-state index in [9.17, 15) is 9.59 Å². The fourth-order valence-electron chi connectivity index (χ4n) is 3.06. The molecule has 0 bridgehead atoms. The molecule has 4 rings (SSSR count). The van der Waals surface area contributed by atoms with Crippen LogP contribution in [0, 0.1) is 0 Å². The quantitative estimate of drug-likeness (QED) is 0.731. The topological polar surface area (TPSA) is 80.1 Å². The fourth-order valence-corrected chi connectivity index (χ4v) is 4.11. The van der Waals surface area contributed by atoms with Gasteiger partial charge in [-0.2, -0.15) is 5.10 Å². The van der Waals surface area contributed by atoms with E-state index in [4.69, 9.17) is 0 Å². The molecule has 0 spiro atoms. The van der Waals surface area contributed by atoms with Crippen molar-refractivity contribution in [2.45, 2.75) is 30.3 Å². The molecule has 2 amide bonds. The number of hydrogen-bond acceptors (Lipinski definition) is 5. The summed E-state index contributed by atoms with van der Waals surface area (Å²) in [6.45, 7) is 5.15. The minimum absolute atomic E-state index is 0.0706. The van der Waals surface area contributed by atoms with Crippen molar-refractivity contribution in [3.63, 3.8) is 0 Å². The van der Waals surface area contributed by atoms with Crippen LogP contribution in [0.1, 0.15) is 34.7 Å². The van der Waals surface area contributed by atoms with Crippen molar-refractivity contribution in [3.8, 4) is 0 Å². The number of carbonyl (C=O) groups excluding carboxylic acids is 2. The lowest BCUT2D eigenvalue weighted by Gasteiger charge is -2.21. The van der Waals surface area contributed by atoms with E-state index in [0.29, 0.717) is 35.1 Å². The maximum Gasteiger partial charge on any atom is 0.276 e. The number of fused-ring (bicyclic) bond motifs is 2. The van der Waals surface area contributed by atoms with Crippen molar-refractivity contribution in [2.24, 2.45) is 0 Å². The highest BCUT2D eigenvalue weighted by molar-refractivity contribution is 7.99. The van der Waals surface area contributed by atoms with E-state index in [1.54, 1.807) is 46.2 Å². The molecule has 28 heavy (non-hydrogen) atoms. The molecule has 1 aliphatic rings. The molecule has 0 radical (unpaired) electrons. The number of aryl methyl sites for hydroxylation is 1. The van der Waals surface area contributed by atoms with Crippen molar-refractivity contribution in [3.05, 3.63) is 60.0 Å². The number of anilines is 2. The smallest absolute Gasteiger partial charge is 0.276 e. The largest absolute Gasteiger partial charge is 0.321 e. The zero-order chi connectivity index (χ0) is 19.7.